The fraction of sp³-hybridized carbons (Fsp3) is 0.516. The van der Waals surface area contributed by atoms with Gasteiger partial charge in [-0.1, -0.05) is 70.2 Å². The lowest BCUT2D eigenvalue weighted by atomic mass is 9.70. The molecular formula is C31H43NO3. The smallest absolute Gasteiger partial charge is 0.220 e. The van der Waals surface area contributed by atoms with Crippen LogP contribution in [0.4, 0.5) is 0 Å². The maximum Gasteiger partial charge on any atom is 0.220 e. The number of carbonyl (C=O) groups is 1. The molecule has 1 fully saturated rings. The van der Waals surface area contributed by atoms with Gasteiger partial charge in [-0.15, -0.1) is 0 Å². The van der Waals surface area contributed by atoms with E-state index >= 15 is 0 Å². The van der Waals surface area contributed by atoms with Gasteiger partial charge in [0.25, 0.3) is 0 Å². The topological polar surface area (TPSA) is 58.6 Å². The lowest BCUT2D eigenvalue weighted by Crippen LogP contribution is -2.31. The lowest BCUT2D eigenvalue weighted by Gasteiger charge is -2.34. The number of hydrogen-bond acceptors (Lipinski definition) is 3. The molecule has 4 heteroatoms. The van der Waals surface area contributed by atoms with Crippen molar-refractivity contribution < 1.29 is 14.6 Å². The van der Waals surface area contributed by atoms with Crippen molar-refractivity contribution in [2.45, 2.75) is 97.1 Å². The van der Waals surface area contributed by atoms with E-state index in [2.05, 4.69) is 75.5 Å². The third-order valence-corrected chi connectivity index (χ3v) is 8.08. The number of hydrogen-bond donors (Lipinski definition) is 2. The van der Waals surface area contributed by atoms with Crippen LogP contribution >= 0.6 is 0 Å². The molecule has 1 atom stereocenters. The first-order chi connectivity index (χ1) is 16.7. The monoisotopic (exact) mass is 477 g/mol. The highest BCUT2D eigenvalue weighted by Crippen LogP contribution is 2.41. The molecule has 4 nitrogen and oxygen atoms in total. The number of aliphatic hydroxyl groups is 1. The molecule has 1 amide bonds. The van der Waals surface area contributed by atoms with Gasteiger partial charge in [0.05, 0.1) is 11.6 Å². The molecule has 1 aliphatic rings. The van der Waals surface area contributed by atoms with Crippen LogP contribution < -0.4 is 10.1 Å². The summed E-state index contributed by atoms with van der Waals surface area (Å²) >= 11 is 0. The van der Waals surface area contributed by atoms with Crippen LogP contribution in [-0.2, 0) is 10.2 Å². The lowest BCUT2D eigenvalue weighted by molar-refractivity contribution is -0.119. The number of carbonyl (C=O) groups excluding carboxylic acids is 1. The first-order valence-electron chi connectivity index (χ1n) is 13.3. The first kappa shape index (κ1) is 27.0. The van der Waals surface area contributed by atoms with E-state index in [-0.39, 0.29) is 17.4 Å². The van der Waals surface area contributed by atoms with Crippen LogP contribution in [0, 0.1) is 13.8 Å². The summed E-state index contributed by atoms with van der Waals surface area (Å²) in [7, 11) is 0. The van der Waals surface area contributed by atoms with Gasteiger partial charge < -0.3 is 15.2 Å². The summed E-state index contributed by atoms with van der Waals surface area (Å²) in [5.41, 5.74) is 5.28. The van der Waals surface area contributed by atoms with Crippen LogP contribution in [0.25, 0.3) is 6.08 Å². The van der Waals surface area contributed by atoms with Gasteiger partial charge in [-0.2, -0.15) is 0 Å². The van der Waals surface area contributed by atoms with Crippen molar-refractivity contribution in [1.82, 2.24) is 5.32 Å². The minimum atomic E-state index is -0.744. The Balaban J connectivity index is 1.86. The SMILES string of the molecule is CCC(O)(/C=C/c1ccc(C(CC)(CC)c2ccc(OC[C@H]3CCC(=O)N3)c(C)c2)cc1C)CC. The highest BCUT2D eigenvalue weighted by atomic mass is 16.5. The quantitative estimate of drug-likeness (QED) is 0.382. The number of amides is 1. The molecular weight excluding hydrogens is 434 g/mol. The number of ether oxygens (including phenoxy) is 1. The van der Waals surface area contributed by atoms with Crippen LogP contribution in [0.3, 0.4) is 0 Å². The van der Waals surface area contributed by atoms with Crippen LogP contribution in [-0.4, -0.2) is 29.3 Å². The Morgan fingerprint density at radius 2 is 1.60 bits per heavy atom. The van der Waals surface area contributed by atoms with Gasteiger partial charge in [0.15, 0.2) is 0 Å². The summed E-state index contributed by atoms with van der Waals surface area (Å²) in [6.07, 6.45) is 8.85. The Bertz CT molecular complexity index is 1050. The van der Waals surface area contributed by atoms with Crippen LogP contribution in [0.2, 0.25) is 0 Å². The van der Waals surface area contributed by atoms with Crippen molar-refractivity contribution in [2.75, 3.05) is 6.61 Å². The molecule has 1 saturated heterocycles. The third-order valence-electron chi connectivity index (χ3n) is 8.08. The van der Waals surface area contributed by atoms with E-state index in [4.69, 9.17) is 4.74 Å². The van der Waals surface area contributed by atoms with Crippen LogP contribution in [0.15, 0.2) is 42.5 Å². The minimum Gasteiger partial charge on any atom is -0.491 e. The maximum atomic E-state index is 11.5. The van der Waals surface area contributed by atoms with Gasteiger partial charge in [-0.3, -0.25) is 4.79 Å². The highest BCUT2D eigenvalue weighted by Gasteiger charge is 2.31. The van der Waals surface area contributed by atoms with Gasteiger partial charge in [0.1, 0.15) is 12.4 Å². The fourth-order valence-corrected chi connectivity index (χ4v) is 5.23. The molecule has 1 aliphatic heterocycles. The largest absolute Gasteiger partial charge is 0.491 e. The molecule has 0 radical (unpaired) electrons. The van der Waals surface area contributed by atoms with Gasteiger partial charge >= 0.3 is 0 Å². The van der Waals surface area contributed by atoms with E-state index < -0.39 is 5.60 Å². The van der Waals surface area contributed by atoms with E-state index in [1.165, 1.54) is 16.7 Å². The van der Waals surface area contributed by atoms with Crippen molar-refractivity contribution in [3.63, 3.8) is 0 Å². The molecule has 0 aromatic heterocycles. The number of aryl methyl sites for hydroxylation is 2. The van der Waals surface area contributed by atoms with Crippen molar-refractivity contribution >= 4 is 12.0 Å². The average Bonchev–Trinajstić information content (AvgIpc) is 3.28. The summed E-state index contributed by atoms with van der Waals surface area (Å²) in [6, 6.07) is 13.4. The third kappa shape index (κ3) is 5.98. The normalized spacial score (nSPS) is 16.7. The summed E-state index contributed by atoms with van der Waals surface area (Å²) in [5, 5.41) is 13.6. The highest BCUT2D eigenvalue weighted by molar-refractivity contribution is 5.78. The van der Waals surface area contributed by atoms with Gasteiger partial charge in [0.2, 0.25) is 5.91 Å². The molecule has 2 N–H and O–H groups in total. The molecule has 190 valence electrons. The Kier molecular flexibility index (Phi) is 8.82. The number of rotatable bonds is 11. The Hall–Kier alpha value is -2.59. The van der Waals surface area contributed by atoms with Crippen molar-refractivity contribution in [3.05, 3.63) is 70.3 Å². The molecule has 1 heterocycles. The van der Waals surface area contributed by atoms with Gasteiger partial charge in [-0.05, 0) is 79.8 Å². The van der Waals surface area contributed by atoms with Gasteiger partial charge in [0, 0.05) is 11.8 Å². The molecule has 2 aromatic carbocycles. The van der Waals surface area contributed by atoms with Crippen molar-refractivity contribution in [1.29, 1.82) is 0 Å². The summed E-state index contributed by atoms with van der Waals surface area (Å²) in [5.74, 6) is 0.997. The second-order valence-corrected chi connectivity index (χ2v) is 10.1. The zero-order valence-corrected chi connectivity index (χ0v) is 22.4. The predicted molar refractivity (Wildman–Crippen MR) is 145 cm³/mol. The molecule has 0 bridgehead atoms. The molecule has 0 spiro atoms. The Morgan fingerprint density at radius 3 is 2.11 bits per heavy atom. The fourth-order valence-electron chi connectivity index (χ4n) is 5.23. The molecule has 3 rings (SSSR count). The van der Waals surface area contributed by atoms with E-state index in [1.54, 1.807) is 0 Å². The second kappa shape index (κ2) is 11.4. The first-order valence-corrected chi connectivity index (χ1v) is 13.3. The predicted octanol–water partition coefficient (Wildman–Crippen LogP) is 6.63. The van der Waals surface area contributed by atoms with Crippen molar-refractivity contribution in [3.8, 4) is 5.75 Å². The zero-order valence-electron chi connectivity index (χ0n) is 22.4. The second-order valence-electron chi connectivity index (χ2n) is 10.1. The minimum absolute atomic E-state index is 0.0801. The summed E-state index contributed by atoms with van der Waals surface area (Å²) in [4.78, 5) is 11.5. The number of nitrogens with one attached hydrogen (secondary N) is 1. The maximum absolute atomic E-state index is 11.5. The summed E-state index contributed by atoms with van der Waals surface area (Å²) < 4.78 is 6.07. The Labute approximate surface area is 211 Å². The standard InChI is InChI=1S/C31H43NO3/c1-7-30(34,8-2)18-17-24-11-12-25(19-22(24)5)31(9-3,10-4)26-13-15-28(23(6)20-26)35-21-27-14-16-29(33)32-27/h11-13,15,17-20,27,34H,7-10,14,16,21H2,1-6H3,(H,32,33)/b18-17+/t27-/m1/s1. The molecule has 0 aliphatic carbocycles. The van der Waals surface area contributed by atoms with Crippen molar-refractivity contribution in [2.24, 2.45) is 0 Å². The molecule has 0 saturated carbocycles. The van der Waals surface area contributed by atoms with Crippen LogP contribution in [0.5, 0.6) is 5.75 Å². The molecule has 2 aromatic rings. The molecule has 0 unspecified atom stereocenters. The van der Waals surface area contributed by atoms with Gasteiger partial charge in [-0.25, -0.2) is 0 Å². The van der Waals surface area contributed by atoms with E-state index in [0.717, 1.165) is 36.1 Å². The number of benzene rings is 2. The molecule has 35 heavy (non-hydrogen) atoms. The van der Waals surface area contributed by atoms with E-state index in [1.807, 2.05) is 19.9 Å². The average molecular weight is 478 g/mol. The van der Waals surface area contributed by atoms with E-state index in [0.29, 0.717) is 25.9 Å². The Morgan fingerprint density at radius 1 is 0.971 bits per heavy atom. The van der Waals surface area contributed by atoms with Crippen LogP contribution in [0.1, 0.15) is 94.0 Å². The zero-order chi connectivity index (χ0) is 25.6. The van der Waals surface area contributed by atoms with E-state index in [9.17, 15) is 9.90 Å². The summed E-state index contributed by atoms with van der Waals surface area (Å²) in [6.45, 7) is 13.3.